The number of hydrogen-bond donors (Lipinski definition) is 0. The standard InChI is InChI=1S/C25H27N3O4/c1-17(25(30)31-2)32-22-15-9-6-12-19(22)16-26-28-23(18-10-4-3-5-11-18)27-21-14-8-7-13-20(21)24(28)29/h6-9,12-18H,3-5,10-11H2,1-2H3/t17-/m1/s1. The fourth-order valence-corrected chi connectivity index (χ4v) is 4.10. The van der Waals surface area contributed by atoms with Crippen molar-refractivity contribution in [2.75, 3.05) is 7.11 Å². The predicted molar refractivity (Wildman–Crippen MR) is 123 cm³/mol. The van der Waals surface area contributed by atoms with Crippen molar-refractivity contribution in [2.45, 2.75) is 51.0 Å². The first-order valence-electron chi connectivity index (χ1n) is 11.0. The van der Waals surface area contributed by atoms with Crippen LogP contribution in [0.2, 0.25) is 0 Å². The van der Waals surface area contributed by atoms with Gasteiger partial charge in [0.2, 0.25) is 0 Å². The van der Waals surface area contributed by atoms with Gasteiger partial charge in [0.05, 0.1) is 24.2 Å². The lowest BCUT2D eigenvalue weighted by atomic mass is 9.88. The Kier molecular flexibility index (Phi) is 6.63. The molecule has 0 aliphatic heterocycles. The summed E-state index contributed by atoms with van der Waals surface area (Å²) in [7, 11) is 1.32. The summed E-state index contributed by atoms with van der Waals surface area (Å²) < 4.78 is 11.9. The quantitative estimate of drug-likeness (QED) is 0.428. The van der Waals surface area contributed by atoms with Crippen LogP contribution in [0.25, 0.3) is 10.9 Å². The van der Waals surface area contributed by atoms with E-state index in [1.54, 1.807) is 25.3 Å². The highest BCUT2D eigenvalue weighted by Crippen LogP contribution is 2.31. The molecule has 0 unspecified atom stereocenters. The van der Waals surface area contributed by atoms with Gasteiger partial charge in [-0.1, -0.05) is 43.5 Å². The molecule has 0 amide bonds. The zero-order chi connectivity index (χ0) is 22.5. The Morgan fingerprint density at radius 2 is 1.84 bits per heavy atom. The van der Waals surface area contributed by atoms with Gasteiger partial charge in [-0.05, 0) is 44.0 Å². The highest BCUT2D eigenvalue weighted by molar-refractivity contribution is 5.84. The first kappa shape index (κ1) is 21.7. The third kappa shape index (κ3) is 4.56. The summed E-state index contributed by atoms with van der Waals surface area (Å²) in [6.45, 7) is 1.62. The van der Waals surface area contributed by atoms with E-state index in [0.717, 1.165) is 25.7 Å². The Hall–Kier alpha value is -3.48. The normalized spacial score (nSPS) is 15.7. The SMILES string of the molecule is COC(=O)[C@@H](C)Oc1ccccc1C=Nn1c(C2CCCCC2)nc2ccccc2c1=O. The van der Waals surface area contributed by atoms with Crippen LogP contribution in [0.5, 0.6) is 5.75 Å². The lowest BCUT2D eigenvalue weighted by Gasteiger charge is -2.22. The monoisotopic (exact) mass is 433 g/mol. The number of carbonyl (C=O) groups excluding carboxylic acids is 1. The average molecular weight is 434 g/mol. The van der Waals surface area contributed by atoms with E-state index in [9.17, 15) is 9.59 Å². The number of aromatic nitrogens is 2. The van der Waals surface area contributed by atoms with E-state index < -0.39 is 12.1 Å². The van der Waals surface area contributed by atoms with E-state index in [-0.39, 0.29) is 11.5 Å². The molecule has 1 aliphatic carbocycles. The molecule has 3 aromatic rings. The number of rotatable bonds is 6. The molecule has 32 heavy (non-hydrogen) atoms. The molecule has 0 spiro atoms. The maximum Gasteiger partial charge on any atom is 0.346 e. The zero-order valence-electron chi connectivity index (χ0n) is 18.4. The van der Waals surface area contributed by atoms with Gasteiger partial charge in [0.15, 0.2) is 6.10 Å². The third-order valence-electron chi connectivity index (χ3n) is 5.82. The van der Waals surface area contributed by atoms with E-state index in [0.29, 0.717) is 28.0 Å². The number of para-hydroxylation sites is 2. The number of fused-ring (bicyclic) bond motifs is 1. The van der Waals surface area contributed by atoms with E-state index in [2.05, 4.69) is 5.10 Å². The molecule has 1 atom stereocenters. The van der Waals surface area contributed by atoms with Gasteiger partial charge in [0.1, 0.15) is 11.6 Å². The van der Waals surface area contributed by atoms with Crippen LogP contribution >= 0.6 is 0 Å². The molecule has 0 N–H and O–H groups in total. The van der Waals surface area contributed by atoms with Crippen LogP contribution in [0.4, 0.5) is 0 Å². The number of nitrogens with zero attached hydrogens (tertiary/aromatic N) is 3. The maximum absolute atomic E-state index is 13.3. The topological polar surface area (TPSA) is 82.8 Å². The lowest BCUT2D eigenvalue weighted by Crippen LogP contribution is -2.26. The van der Waals surface area contributed by atoms with Crippen molar-refractivity contribution in [1.82, 2.24) is 9.66 Å². The van der Waals surface area contributed by atoms with Crippen molar-refractivity contribution in [3.8, 4) is 5.75 Å². The fraction of sp³-hybridized carbons (Fsp3) is 0.360. The molecule has 1 fully saturated rings. The highest BCUT2D eigenvalue weighted by atomic mass is 16.6. The first-order valence-corrected chi connectivity index (χ1v) is 11.0. The van der Waals surface area contributed by atoms with Gasteiger partial charge in [0, 0.05) is 11.5 Å². The summed E-state index contributed by atoms with van der Waals surface area (Å²) in [5.41, 5.74) is 1.16. The second kappa shape index (κ2) is 9.77. The largest absolute Gasteiger partial charge is 0.478 e. The summed E-state index contributed by atoms with van der Waals surface area (Å²) in [4.78, 5) is 29.9. The Balaban J connectivity index is 1.75. The molecule has 1 heterocycles. The smallest absolute Gasteiger partial charge is 0.346 e. The van der Waals surface area contributed by atoms with Crippen LogP contribution in [0.1, 0.15) is 56.3 Å². The van der Waals surface area contributed by atoms with Gasteiger partial charge in [0.25, 0.3) is 5.56 Å². The van der Waals surface area contributed by atoms with E-state index in [1.807, 2.05) is 36.4 Å². The molecular weight excluding hydrogens is 406 g/mol. The molecular formula is C25H27N3O4. The summed E-state index contributed by atoms with van der Waals surface area (Å²) in [6, 6.07) is 14.6. The van der Waals surface area contributed by atoms with Crippen molar-refractivity contribution < 1.29 is 14.3 Å². The second-order valence-electron chi connectivity index (χ2n) is 8.00. The Bertz CT molecular complexity index is 1200. The zero-order valence-corrected chi connectivity index (χ0v) is 18.4. The van der Waals surface area contributed by atoms with Gasteiger partial charge in [-0.2, -0.15) is 9.78 Å². The molecule has 166 valence electrons. The van der Waals surface area contributed by atoms with Gasteiger partial charge in [-0.15, -0.1) is 0 Å². The molecule has 4 rings (SSSR count). The van der Waals surface area contributed by atoms with Crippen molar-refractivity contribution in [1.29, 1.82) is 0 Å². The minimum Gasteiger partial charge on any atom is -0.478 e. The maximum atomic E-state index is 13.3. The van der Waals surface area contributed by atoms with Crippen molar-refractivity contribution in [2.24, 2.45) is 5.10 Å². The first-order chi connectivity index (χ1) is 15.6. The van der Waals surface area contributed by atoms with Crippen LogP contribution in [0.15, 0.2) is 58.4 Å². The van der Waals surface area contributed by atoms with E-state index in [4.69, 9.17) is 14.5 Å². The number of esters is 1. The molecule has 1 aliphatic rings. The van der Waals surface area contributed by atoms with Crippen LogP contribution < -0.4 is 10.3 Å². The molecule has 7 nitrogen and oxygen atoms in total. The second-order valence-corrected chi connectivity index (χ2v) is 8.00. The number of ether oxygens (including phenoxy) is 2. The summed E-state index contributed by atoms with van der Waals surface area (Å²) in [5.74, 6) is 0.913. The molecule has 7 heteroatoms. The van der Waals surface area contributed by atoms with Crippen LogP contribution in [-0.4, -0.2) is 35.1 Å². The van der Waals surface area contributed by atoms with Gasteiger partial charge in [-0.25, -0.2) is 9.78 Å². The van der Waals surface area contributed by atoms with Crippen molar-refractivity contribution >= 4 is 23.1 Å². The van der Waals surface area contributed by atoms with Gasteiger partial charge < -0.3 is 9.47 Å². The Labute approximate surface area is 186 Å². The van der Waals surface area contributed by atoms with Crippen LogP contribution in [0, 0.1) is 0 Å². The molecule has 1 aromatic heterocycles. The molecule has 0 radical (unpaired) electrons. The van der Waals surface area contributed by atoms with Crippen molar-refractivity contribution in [3.63, 3.8) is 0 Å². The Morgan fingerprint density at radius 1 is 1.12 bits per heavy atom. The number of benzene rings is 2. The molecule has 0 saturated heterocycles. The summed E-state index contributed by atoms with van der Waals surface area (Å²) in [5, 5.41) is 5.09. The minimum absolute atomic E-state index is 0.186. The molecule has 1 saturated carbocycles. The molecule has 0 bridgehead atoms. The summed E-state index contributed by atoms with van der Waals surface area (Å²) >= 11 is 0. The number of carbonyl (C=O) groups is 1. The third-order valence-corrected chi connectivity index (χ3v) is 5.82. The van der Waals surface area contributed by atoms with E-state index in [1.165, 1.54) is 18.2 Å². The highest BCUT2D eigenvalue weighted by Gasteiger charge is 2.22. The van der Waals surface area contributed by atoms with Crippen LogP contribution in [-0.2, 0) is 9.53 Å². The summed E-state index contributed by atoms with van der Waals surface area (Å²) in [6.07, 6.45) is 6.27. The fourth-order valence-electron chi connectivity index (χ4n) is 4.10. The van der Waals surface area contributed by atoms with E-state index >= 15 is 0 Å². The number of hydrogen-bond acceptors (Lipinski definition) is 6. The lowest BCUT2D eigenvalue weighted by molar-refractivity contribution is -0.147. The number of methoxy groups -OCH3 is 1. The molecule has 2 aromatic carbocycles. The van der Waals surface area contributed by atoms with Gasteiger partial charge >= 0.3 is 5.97 Å². The predicted octanol–water partition coefficient (Wildman–Crippen LogP) is 4.27. The average Bonchev–Trinajstić information content (AvgIpc) is 2.84. The van der Waals surface area contributed by atoms with Crippen LogP contribution in [0.3, 0.4) is 0 Å². The Morgan fingerprint density at radius 3 is 2.62 bits per heavy atom. The minimum atomic E-state index is -0.766. The van der Waals surface area contributed by atoms with Gasteiger partial charge in [-0.3, -0.25) is 4.79 Å². The van der Waals surface area contributed by atoms with Crippen molar-refractivity contribution in [3.05, 3.63) is 70.3 Å².